The molecule has 1 fully saturated rings. The van der Waals surface area contributed by atoms with Crippen LogP contribution in [-0.4, -0.2) is 53.3 Å². The molecule has 0 bridgehead atoms. The Labute approximate surface area is 156 Å². The highest BCUT2D eigenvalue weighted by molar-refractivity contribution is 5.85. The Morgan fingerprint density at radius 1 is 1.19 bits per heavy atom. The molecule has 2 rings (SSSR count). The number of halogens is 4. The van der Waals surface area contributed by atoms with Crippen LogP contribution < -0.4 is 5.73 Å². The standard InChI is InChI=1S/C17H22F3N3O2.ClH/c1-10-9-22(3-4-23(10)11(2)24)17(25)7-13(21)5-12-6-15(19)16(20)8-14(12)18;/h6,8,10,13H,3-5,7,9,21H2,1-2H3;1H/t10-,13+;/m0./s1. The van der Waals surface area contributed by atoms with Crippen LogP contribution in [0, 0.1) is 17.5 Å². The van der Waals surface area contributed by atoms with Crippen molar-refractivity contribution in [2.45, 2.75) is 38.8 Å². The Bertz CT molecular complexity index is 675. The van der Waals surface area contributed by atoms with Gasteiger partial charge in [0, 0.05) is 51.1 Å². The first-order valence-corrected chi connectivity index (χ1v) is 8.13. The van der Waals surface area contributed by atoms with Crippen LogP contribution in [0.25, 0.3) is 0 Å². The quantitative estimate of drug-likeness (QED) is 0.794. The summed E-state index contributed by atoms with van der Waals surface area (Å²) >= 11 is 0. The van der Waals surface area contributed by atoms with Gasteiger partial charge in [0.25, 0.3) is 0 Å². The molecule has 0 aromatic heterocycles. The van der Waals surface area contributed by atoms with Gasteiger partial charge in [-0.05, 0) is 25.0 Å². The summed E-state index contributed by atoms with van der Waals surface area (Å²) in [6, 6.07) is 0.438. The molecular formula is C17H23ClF3N3O2. The Hall–Kier alpha value is -1.80. The van der Waals surface area contributed by atoms with Crippen molar-refractivity contribution in [1.29, 1.82) is 0 Å². The van der Waals surface area contributed by atoms with E-state index in [2.05, 4.69) is 0 Å². The fourth-order valence-electron chi connectivity index (χ4n) is 3.08. The molecule has 2 amide bonds. The second kappa shape index (κ2) is 9.23. The van der Waals surface area contributed by atoms with E-state index >= 15 is 0 Å². The molecule has 1 aromatic rings. The predicted molar refractivity (Wildman–Crippen MR) is 93.3 cm³/mol. The first-order valence-electron chi connectivity index (χ1n) is 8.13. The highest BCUT2D eigenvalue weighted by atomic mass is 35.5. The molecule has 2 N–H and O–H groups in total. The van der Waals surface area contributed by atoms with E-state index in [1.54, 1.807) is 9.80 Å². The van der Waals surface area contributed by atoms with E-state index in [4.69, 9.17) is 5.73 Å². The van der Waals surface area contributed by atoms with Gasteiger partial charge in [0.05, 0.1) is 0 Å². The zero-order valence-corrected chi connectivity index (χ0v) is 15.5. The van der Waals surface area contributed by atoms with Crippen LogP contribution in [0.5, 0.6) is 0 Å². The number of carbonyl (C=O) groups is 2. The zero-order valence-electron chi connectivity index (χ0n) is 14.7. The van der Waals surface area contributed by atoms with Crippen molar-refractivity contribution in [3.8, 4) is 0 Å². The van der Waals surface area contributed by atoms with Crippen molar-refractivity contribution in [2.75, 3.05) is 19.6 Å². The summed E-state index contributed by atoms with van der Waals surface area (Å²) in [6.45, 7) is 4.62. The minimum absolute atomic E-state index is 0. The summed E-state index contributed by atoms with van der Waals surface area (Å²) in [7, 11) is 0. The molecule has 146 valence electrons. The number of hydrogen-bond acceptors (Lipinski definition) is 3. The van der Waals surface area contributed by atoms with E-state index < -0.39 is 23.5 Å². The number of carbonyl (C=O) groups excluding carboxylic acids is 2. The largest absolute Gasteiger partial charge is 0.339 e. The van der Waals surface area contributed by atoms with Gasteiger partial charge >= 0.3 is 0 Å². The summed E-state index contributed by atoms with van der Waals surface area (Å²) in [5.74, 6) is -3.53. The summed E-state index contributed by atoms with van der Waals surface area (Å²) in [5, 5.41) is 0. The van der Waals surface area contributed by atoms with Crippen LogP contribution in [0.2, 0.25) is 0 Å². The van der Waals surface area contributed by atoms with Crippen molar-refractivity contribution in [3.63, 3.8) is 0 Å². The fraction of sp³-hybridized carbons (Fsp3) is 0.529. The van der Waals surface area contributed by atoms with Gasteiger partial charge in [0.2, 0.25) is 11.8 Å². The Morgan fingerprint density at radius 3 is 2.38 bits per heavy atom. The van der Waals surface area contributed by atoms with Crippen molar-refractivity contribution in [3.05, 3.63) is 35.1 Å². The number of hydrogen-bond donors (Lipinski definition) is 1. The molecule has 26 heavy (non-hydrogen) atoms. The van der Waals surface area contributed by atoms with Crippen molar-refractivity contribution in [2.24, 2.45) is 5.73 Å². The van der Waals surface area contributed by atoms with Gasteiger partial charge in [0.15, 0.2) is 11.6 Å². The summed E-state index contributed by atoms with van der Waals surface area (Å²) in [4.78, 5) is 27.1. The van der Waals surface area contributed by atoms with Crippen LogP contribution in [0.4, 0.5) is 13.2 Å². The fourth-order valence-corrected chi connectivity index (χ4v) is 3.08. The second-order valence-corrected chi connectivity index (χ2v) is 6.43. The second-order valence-electron chi connectivity index (χ2n) is 6.43. The number of rotatable bonds is 4. The van der Waals surface area contributed by atoms with Gasteiger partial charge in [-0.15, -0.1) is 12.4 Å². The Balaban J connectivity index is 0.00000338. The number of nitrogens with zero attached hydrogens (tertiary/aromatic N) is 2. The van der Waals surface area contributed by atoms with Gasteiger partial charge in [-0.3, -0.25) is 9.59 Å². The van der Waals surface area contributed by atoms with E-state index in [-0.39, 0.29) is 48.7 Å². The molecule has 1 saturated heterocycles. The molecule has 9 heteroatoms. The van der Waals surface area contributed by atoms with Crippen molar-refractivity contribution >= 4 is 24.2 Å². The normalized spacial score (nSPS) is 18.3. The van der Waals surface area contributed by atoms with Crippen molar-refractivity contribution in [1.82, 2.24) is 9.80 Å². The average Bonchev–Trinajstić information content (AvgIpc) is 2.52. The van der Waals surface area contributed by atoms with Crippen molar-refractivity contribution < 1.29 is 22.8 Å². The smallest absolute Gasteiger partial charge is 0.224 e. The molecule has 1 heterocycles. The lowest BCUT2D eigenvalue weighted by Gasteiger charge is -2.39. The average molecular weight is 394 g/mol. The maximum atomic E-state index is 13.7. The van der Waals surface area contributed by atoms with Crippen LogP contribution in [-0.2, 0) is 16.0 Å². The van der Waals surface area contributed by atoms with Gasteiger partial charge in [-0.25, -0.2) is 13.2 Å². The van der Waals surface area contributed by atoms with E-state index in [9.17, 15) is 22.8 Å². The number of nitrogens with two attached hydrogens (primary N) is 1. The maximum absolute atomic E-state index is 13.7. The SMILES string of the molecule is CC(=O)N1CCN(C(=O)C[C@H](N)Cc2cc(F)c(F)cc2F)C[C@@H]1C.Cl. The van der Waals surface area contributed by atoms with Crippen LogP contribution in [0.15, 0.2) is 12.1 Å². The summed E-state index contributed by atoms with van der Waals surface area (Å²) in [6.07, 6.45) is -0.108. The molecule has 1 aliphatic rings. The lowest BCUT2D eigenvalue weighted by molar-refractivity contribution is -0.141. The van der Waals surface area contributed by atoms with E-state index in [1.165, 1.54) is 6.92 Å². The molecule has 0 unspecified atom stereocenters. The molecule has 0 saturated carbocycles. The molecule has 0 spiro atoms. The number of benzene rings is 1. The molecule has 0 radical (unpaired) electrons. The van der Waals surface area contributed by atoms with Gasteiger partial charge in [-0.1, -0.05) is 0 Å². The van der Waals surface area contributed by atoms with Crippen LogP contribution >= 0.6 is 12.4 Å². The summed E-state index contributed by atoms with van der Waals surface area (Å²) in [5.41, 5.74) is 5.82. The van der Waals surface area contributed by atoms with Gasteiger partial charge in [0.1, 0.15) is 5.82 Å². The van der Waals surface area contributed by atoms with Crippen LogP contribution in [0.3, 0.4) is 0 Å². The third-order valence-corrected chi connectivity index (χ3v) is 4.39. The maximum Gasteiger partial charge on any atom is 0.224 e. The van der Waals surface area contributed by atoms with E-state index in [0.29, 0.717) is 25.7 Å². The minimum Gasteiger partial charge on any atom is -0.339 e. The highest BCUT2D eigenvalue weighted by Crippen LogP contribution is 2.17. The van der Waals surface area contributed by atoms with E-state index in [0.717, 1.165) is 6.07 Å². The first-order chi connectivity index (χ1) is 11.7. The predicted octanol–water partition coefficient (Wildman–Crippen LogP) is 1.86. The van der Waals surface area contributed by atoms with Crippen LogP contribution in [0.1, 0.15) is 25.8 Å². The summed E-state index contributed by atoms with van der Waals surface area (Å²) < 4.78 is 39.8. The molecule has 0 aliphatic carbocycles. The molecule has 5 nitrogen and oxygen atoms in total. The monoisotopic (exact) mass is 393 g/mol. The molecule has 1 aliphatic heterocycles. The molecular weight excluding hydrogens is 371 g/mol. The minimum atomic E-state index is -1.26. The van der Waals surface area contributed by atoms with Gasteiger partial charge < -0.3 is 15.5 Å². The molecule has 2 atom stereocenters. The van der Waals surface area contributed by atoms with Gasteiger partial charge in [-0.2, -0.15) is 0 Å². The third-order valence-electron chi connectivity index (χ3n) is 4.39. The Kier molecular flexibility index (Phi) is 7.89. The number of piperazine rings is 1. The third kappa shape index (κ3) is 5.35. The first kappa shape index (κ1) is 22.2. The lowest BCUT2D eigenvalue weighted by Crippen LogP contribution is -2.55. The Morgan fingerprint density at radius 2 is 1.81 bits per heavy atom. The zero-order chi connectivity index (χ0) is 18.7. The highest BCUT2D eigenvalue weighted by Gasteiger charge is 2.28. The van der Waals surface area contributed by atoms with E-state index in [1.807, 2.05) is 6.92 Å². The number of amides is 2. The lowest BCUT2D eigenvalue weighted by atomic mass is 10.0. The molecule has 1 aromatic carbocycles. The topological polar surface area (TPSA) is 66.6 Å².